The Morgan fingerprint density at radius 3 is 1.49 bits per heavy atom. The van der Waals surface area contributed by atoms with Crippen LogP contribution >= 0.6 is 0 Å². The molecule has 0 saturated carbocycles. The van der Waals surface area contributed by atoms with Crippen LogP contribution < -0.4 is 0 Å². The molecule has 0 fully saturated rings. The molecule has 0 N–H and O–H groups in total. The van der Waals surface area contributed by atoms with Gasteiger partial charge in [-0.2, -0.15) is 0 Å². The summed E-state index contributed by atoms with van der Waals surface area (Å²) in [6.45, 7) is 0. The molecule has 0 aliphatic heterocycles. The molecule has 252 valence electrons. The van der Waals surface area contributed by atoms with Crippen LogP contribution in [0.3, 0.4) is 0 Å². The van der Waals surface area contributed by atoms with Gasteiger partial charge in [0.25, 0.3) is 0 Å². The Morgan fingerprint density at radius 2 is 0.745 bits per heavy atom. The summed E-state index contributed by atoms with van der Waals surface area (Å²) < 4.78 is 0. The Hall–Kier alpha value is -7.02. The summed E-state index contributed by atoms with van der Waals surface area (Å²) in [5.74, 6) is 0. The Bertz CT molecular complexity index is 3370. The summed E-state index contributed by atoms with van der Waals surface area (Å²) in [7, 11) is 0. The van der Waals surface area contributed by atoms with Gasteiger partial charge in [-0.3, -0.25) is 0 Å². The van der Waals surface area contributed by atoms with E-state index < -0.39 is 5.41 Å². The van der Waals surface area contributed by atoms with Crippen molar-refractivity contribution in [1.29, 1.82) is 0 Å². The van der Waals surface area contributed by atoms with Gasteiger partial charge in [0.1, 0.15) is 0 Å². The molecule has 55 heavy (non-hydrogen) atoms. The first-order valence-electron chi connectivity index (χ1n) is 19.4. The van der Waals surface area contributed by atoms with Crippen LogP contribution in [0.15, 0.2) is 194 Å². The normalized spacial score (nSPS) is 13.6. The minimum atomic E-state index is -0.456. The lowest BCUT2D eigenvalue weighted by molar-refractivity contribution is 0.795. The molecule has 0 radical (unpaired) electrons. The van der Waals surface area contributed by atoms with Crippen molar-refractivity contribution in [1.82, 2.24) is 0 Å². The molecule has 0 amide bonds. The van der Waals surface area contributed by atoms with E-state index in [1.54, 1.807) is 0 Å². The van der Waals surface area contributed by atoms with Crippen molar-refractivity contribution in [3.05, 3.63) is 216 Å². The maximum atomic E-state index is 2.58. The Balaban J connectivity index is 1.18. The highest BCUT2D eigenvalue weighted by Crippen LogP contribution is 2.65. The van der Waals surface area contributed by atoms with E-state index in [0.717, 1.165) is 0 Å². The Kier molecular flexibility index (Phi) is 5.65. The molecular formula is C55H32. The largest absolute Gasteiger partial charge is 0.0726 e. The minimum Gasteiger partial charge on any atom is -0.0619 e. The zero-order valence-electron chi connectivity index (χ0n) is 30.0. The Morgan fingerprint density at radius 1 is 0.236 bits per heavy atom. The van der Waals surface area contributed by atoms with Crippen LogP contribution in [0.4, 0.5) is 0 Å². The molecule has 11 aromatic rings. The van der Waals surface area contributed by atoms with Gasteiger partial charge in [0, 0.05) is 0 Å². The van der Waals surface area contributed by atoms with Crippen molar-refractivity contribution >= 4 is 53.9 Å². The van der Waals surface area contributed by atoms with Gasteiger partial charge in [-0.25, -0.2) is 0 Å². The van der Waals surface area contributed by atoms with E-state index in [1.165, 1.54) is 121 Å². The summed E-state index contributed by atoms with van der Waals surface area (Å²) in [5, 5.41) is 13.0. The fourth-order valence-electron chi connectivity index (χ4n) is 10.9. The second-order valence-corrected chi connectivity index (χ2v) is 15.5. The van der Waals surface area contributed by atoms with Gasteiger partial charge in [-0.15, -0.1) is 0 Å². The molecule has 0 heterocycles. The van der Waals surface area contributed by atoms with Gasteiger partial charge in [-0.05, 0) is 127 Å². The highest BCUT2D eigenvalue weighted by Gasteiger charge is 2.52. The van der Waals surface area contributed by atoms with E-state index in [4.69, 9.17) is 0 Å². The molecule has 1 spiro atoms. The first kappa shape index (κ1) is 29.4. The number of hydrogen-bond donors (Lipinski definition) is 0. The maximum absolute atomic E-state index is 2.58. The number of hydrogen-bond acceptors (Lipinski definition) is 0. The summed E-state index contributed by atoms with van der Waals surface area (Å²) in [5.41, 5.74) is 15.5. The fourth-order valence-corrected chi connectivity index (χ4v) is 10.9. The lowest BCUT2D eigenvalue weighted by Crippen LogP contribution is -2.26. The van der Waals surface area contributed by atoms with Crippen LogP contribution in [0, 0.1) is 0 Å². The van der Waals surface area contributed by atoms with E-state index in [1.807, 2.05) is 0 Å². The van der Waals surface area contributed by atoms with E-state index >= 15 is 0 Å². The molecular weight excluding hydrogens is 661 g/mol. The Labute approximate surface area is 318 Å². The second kappa shape index (κ2) is 10.6. The van der Waals surface area contributed by atoms with Gasteiger partial charge < -0.3 is 0 Å². The number of fused-ring (bicyclic) bond motifs is 14. The SMILES string of the molecule is c1ccc(-c2ccc3ccc4cccc5ccc2c3c45)c(-c2cc3c(c4ccccc24)-c2c(ccc4ccccc24)C32c3ccccc3-c3ccccc32)c1. The zero-order chi connectivity index (χ0) is 35.8. The number of rotatable bonds is 2. The van der Waals surface area contributed by atoms with Crippen molar-refractivity contribution in [3.63, 3.8) is 0 Å². The van der Waals surface area contributed by atoms with Crippen molar-refractivity contribution in [3.8, 4) is 44.5 Å². The second-order valence-electron chi connectivity index (χ2n) is 15.5. The van der Waals surface area contributed by atoms with Crippen LogP contribution in [0.5, 0.6) is 0 Å². The van der Waals surface area contributed by atoms with Gasteiger partial charge >= 0.3 is 0 Å². The third kappa shape index (κ3) is 3.62. The third-order valence-electron chi connectivity index (χ3n) is 13.0. The van der Waals surface area contributed by atoms with E-state index in [-0.39, 0.29) is 0 Å². The molecule has 13 rings (SSSR count). The average molecular weight is 693 g/mol. The quantitative estimate of drug-likeness (QED) is 0.158. The molecule has 2 aliphatic rings. The third-order valence-corrected chi connectivity index (χ3v) is 13.0. The predicted molar refractivity (Wildman–Crippen MR) is 232 cm³/mol. The highest BCUT2D eigenvalue weighted by molar-refractivity contribution is 6.26. The van der Waals surface area contributed by atoms with Crippen LogP contribution in [-0.2, 0) is 5.41 Å². The maximum Gasteiger partial charge on any atom is 0.0726 e. The molecule has 0 atom stereocenters. The minimum absolute atomic E-state index is 0.456. The van der Waals surface area contributed by atoms with Gasteiger partial charge in [0.05, 0.1) is 5.41 Å². The molecule has 0 heteroatoms. The van der Waals surface area contributed by atoms with Crippen molar-refractivity contribution in [2.75, 3.05) is 0 Å². The molecule has 0 nitrogen and oxygen atoms in total. The number of benzene rings is 11. The first-order chi connectivity index (χ1) is 27.3. The van der Waals surface area contributed by atoms with Crippen LogP contribution in [0.25, 0.3) is 98.4 Å². The van der Waals surface area contributed by atoms with Crippen molar-refractivity contribution < 1.29 is 0 Å². The van der Waals surface area contributed by atoms with Crippen molar-refractivity contribution in [2.45, 2.75) is 5.41 Å². The van der Waals surface area contributed by atoms with E-state index in [2.05, 4.69) is 194 Å². The standard InChI is InChI=1S/C55H32/c1-2-15-37-33(12-1)28-31-49-53(37)54-44-21-6-5-18-40(44)46(32-50(54)55(49)47-22-9-7-19-42(47)43-20-8-10-23-48(43)55)39-17-4-3-16-38(39)41-29-26-36-25-24-34-13-11-14-35-27-30-45(41)52(36)51(34)35/h1-32H. The van der Waals surface area contributed by atoms with E-state index in [0.29, 0.717) is 0 Å². The van der Waals surface area contributed by atoms with E-state index in [9.17, 15) is 0 Å². The zero-order valence-corrected chi connectivity index (χ0v) is 30.0. The van der Waals surface area contributed by atoms with Crippen LogP contribution in [0.1, 0.15) is 22.3 Å². The molecule has 0 bridgehead atoms. The van der Waals surface area contributed by atoms with Crippen LogP contribution in [0.2, 0.25) is 0 Å². The van der Waals surface area contributed by atoms with Crippen LogP contribution in [-0.4, -0.2) is 0 Å². The lowest BCUT2D eigenvalue weighted by atomic mass is 9.69. The molecule has 0 saturated heterocycles. The first-order valence-corrected chi connectivity index (χ1v) is 19.4. The average Bonchev–Trinajstić information content (AvgIpc) is 3.73. The summed E-state index contributed by atoms with van der Waals surface area (Å²) >= 11 is 0. The highest BCUT2D eigenvalue weighted by atomic mass is 14.5. The molecule has 0 unspecified atom stereocenters. The van der Waals surface area contributed by atoms with Gasteiger partial charge in [0.15, 0.2) is 0 Å². The summed E-state index contributed by atoms with van der Waals surface area (Å²) in [6.07, 6.45) is 0. The summed E-state index contributed by atoms with van der Waals surface area (Å²) in [4.78, 5) is 0. The molecule has 11 aromatic carbocycles. The molecule has 0 aromatic heterocycles. The summed E-state index contributed by atoms with van der Waals surface area (Å²) in [6, 6.07) is 73.4. The molecule has 2 aliphatic carbocycles. The topological polar surface area (TPSA) is 0 Å². The van der Waals surface area contributed by atoms with Crippen molar-refractivity contribution in [2.24, 2.45) is 0 Å². The van der Waals surface area contributed by atoms with Gasteiger partial charge in [-0.1, -0.05) is 188 Å². The fraction of sp³-hybridized carbons (Fsp3) is 0.0182. The lowest BCUT2D eigenvalue weighted by Gasteiger charge is -2.31. The predicted octanol–water partition coefficient (Wildman–Crippen LogP) is 14.6. The van der Waals surface area contributed by atoms with Gasteiger partial charge in [0.2, 0.25) is 0 Å². The smallest absolute Gasteiger partial charge is 0.0619 e. The monoisotopic (exact) mass is 692 g/mol.